The van der Waals surface area contributed by atoms with Crippen molar-refractivity contribution in [3.05, 3.63) is 29.8 Å². The Morgan fingerprint density at radius 1 is 1.21 bits per heavy atom. The molecule has 3 heteroatoms. The molecular weight excluding hydrogens is 246 g/mol. The normalized spacial score (nSPS) is 23.6. The summed E-state index contributed by atoms with van der Waals surface area (Å²) in [7, 11) is 0. The van der Waals surface area contributed by atoms with Gasteiger partial charge >= 0.3 is 6.61 Å². The van der Waals surface area contributed by atoms with Crippen molar-refractivity contribution in [3.63, 3.8) is 0 Å². The van der Waals surface area contributed by atoms with Gasteiger partial charge in [0.15, 0.2) is 0 Å². The summed E-state index contributed by atoms with van der Waals surface area (Å²) in [6.45, 7) is -0.507. The van der Waals surface area contributed by atoms with E-state index in [1.165, 1.54) is 38.5 Å². The lowest BCUT2D eigenvalue weighted by Gasteiger charge is -2.28. The van der Waals surface area contributed by atoms with Crippen molar-refractivity contribution in [3.8, 4) is 5.75 Å². The summed E-state index contributed by atoms with van der Waals surface area (Å²) in [6.07, 6.45) is 7.44. The van der Waals surface area contributed by atoms with Gasteiger partial charge in [0.2, 0.25) is 0 Å². The predicted molar refractivity (Wildman–Crippen MR) is 72.7 cm³/mol. The van der Waals surface area contributed by atoms with Gasteiger partial charge in [-0.3, -0.25) is 0 Å². The van der Waals surface area contributed by atoms with Crippen LogP contribution in [0, 0.1) is 5.92 Å². The first-order chi connectivity index (χ1) is 9.19. The Kier molecular flexibility index (Phi) is 5.17. The third-order valence-corrected chi connectivity index (χ3v) is 4.10. The minimum Gasteiger partial charge on any atom is -0.435 e. The molecule has 0 aromatic heterocycles. The van der Waals surface area contributed by atoms with Crippen molar-refractivity contribution in [1.29, 1.82) is 0 Å². The highest BCUT2D eigenvalue weighted by Crippen LogP contribution is 2.38. The molecule has 0 amide bonds. The molecule has 1 aliphatic rings. The van der Waals surface area contributed by atoms with Crippen molar-refractivity contribution in [2.75, 3.05) is 0 Å². The van der Waals surface area contributed by atoms with Gasteiger partial charge in [0.25, 0.3) is 0 Å². The molecule has 0 saturated heterocycles. The highest BCUT2D eigenvalue weighted by Gasteiger charge is 2.22. The second-order valence-corrected chi connectivity index (χ2v) is 5.46. The molecule has 1 nitrogen and oxygen atoms in total. The minimum atomic E-state index is -2.74. The van der Waals surface area contributed by atoms with Gasteiger partial charge in [0, 0.05) is 0 Å². The van der Waals surface area contributed by atoms with Crippen LogP contribution in [-0.2, 0) is 0 Å². The molecule has 0 heterocycles. The summed E-state index contributed by atoms with van der Waals surface area (Å²) < 4.78 is 28.9. The molecule has 0 radical (unpaired) electrons. The molecule has 1 fully saturated rings. The van der Waals surface area contributed by atoms with Crippen molar-refractivity contribution >= 4 is 0 Å². The number of alkyl halides is 2. The van der Waals surface area contributed by atoms with E-state index in [0.717, 1.165) is 11.5 Å². The molecule has 19 heavy (non-hydrogen) atoms. The predicted octanol–water partition coefficient (Wildman–Crippen LogP) is 5.36. The zero-order valence-corrected chi connectivity index (χ0v) is 11.4. The summed E-state index contributed by atoms with van der Waals surface area (Å²) in [4.78, 5) is 0. The van der Waals surface area contributed by atoms with Gasteiger partial charge in [-0.05, 0) is 55.2 Å². The standard InChI is InChI=1S/C16H22F2O/c1-2-4-12-7-9-13(10-8-12)14-5-3-6-15(11-14)19-16(17)18/h3,5-6,11-13,16H,2,4,7-10H2,1H3. The topological polar surface area (TPSA) is 9.23 Å². The van der Waals surface area contributed by atoms with Gasteiger partial charge in [0.05, 0.1) is 0 Å². The number of ether oxygens (including phenoxy) is 1. The Balaban J connectivity index is 1.95. The van der Waals surface area contributed by atoms with Gasteiger partial charge in [-0.25, -0.2) is 0 Å². The van der Waals surface area contributed by atoms with Crippen LogP contribution < -0.4 is 4.74 Å². The molecule has 0 aliphatic heterocycles. The van der Waals surface area contributed by atoms with E-state index in [4.69, 9.17) is 0 Å². The summed E-state index contributed by atoms with van der Waals surface area (Å²) in [5, 5.41) is 0. The summed E-state index contributed by atoms with van der Waals surface area (Å²) in [5.74, 6) is 1.65. The molecule has 0 bridgehead atoms. The molecule has 1 saturated carbocycles. The third kappa shape index (κ3) is 4.19. The molecule has 106 valence electrons. The average Bonchev–Trinajstić information content (AvgIpc) is 2.39. The van der Waals surface area contributed by atoms with E-state index in [1.807, 2.05) is 12.1 Å². The molecule has 2 rings (SSSR count). The molecule has 0 atom stereocenters. The Morgan fingerprint density at radius 2 is 1.95 bits per heavy atom. The number of hydrogen-bond acceptors (Lipinski definition) is 1. The number of halogens is 2. The van der Waals surface area contributed by atoms with Crippen LogP contribution in [-0.4, -0.2) is 6.61 Å². The van der Waals surface area contributed by atoms with Crippen molar-refractivity contribution in [2.24, 2.45) is 5.92 Å². The third-order valence-electron chi connectivity index (χ3n) is 4.10. The quantitative estimate of drug-likeness (QED) is 0.698. The first kappa shape index (κ1) is 14.3. The van der Waals surface area contributed by atoms with E-state index in [1.54, 1.807) is 12.1 Å². The second kappa shape index (κ2) is 6.88. The SMILES string of the molecule is CCCC1CCC(c2cccc(OC(F)F)c2)CC1. The van der Waals surface area contributed by atoms with E-state index in [2.05, 4.69) is 11.7 Å². The van der Waals surface area contributed by atoms with Crippen LogP contribution in [0.3, 0.4) is 0 Å². The first-order valence-electron chi connectivity index (χ1n) is 7.23. The van der Waals surface area contributed by atoms with Gasteiger partial charge in [0.1, 0.15) is 5.75 Å². The Labute approximate surface area is 114 Å². The summed E-state index contributed by atoms with van der Waals surface area (Å²) >= 11 is 0. The number of rotatable bonds is 5. The van der Waals surface area contributed by atoms with E-state index in [9.17, 15) is 8.78 Å². The zero-order chi connectivity index (χ0) is 13.7. The Bertz CT molecular complexity index is 384. The molecule has 0 unspecified atom stereocenters. The molecule has 0 spiro atoms. The van der Waals surface area contributed by atoms with Crippen LogP contribution in [0.5, 0.6) is 5.75 Å². The van der Waals surface area contributed by atoms with Crippen LogP contribution in [0.15, 0.2) is 24.3 Å². The fraction of sp³-hybridized carbons (Fsp3) is 0.625. The number of benzene rings is 1. The lowest BCUT2D eigenvalue weighted by molar-refractivity contribution is -0.0499. The number of hydrogen-bond donors (Lipinski definition) is 0. The average molecular weight is 268 g/mol. The maximum atomic E-state index is 12.2. The molecule has 1 aliphatic carbocycles. The largest absolute Gasteiger partial charge is 0.435 e. The molecule has 1 aromatic carbocycles. The molecular formula is C16H22F2O. The lowest BCUT2D eigenvalue weighted by Crippen LogP contribution is -2.13. The van der Waals surface area contributed by atoms with Gasteiger partial charge in [-0.2, -0.15) is 8.78 Å². The summed E-state index contributed by atoms with van der Waals surface area (Å²) in [5.41, 5.74) is 1.15. The Morgan fingerprint density at radius 3 is 2.58 bits per heavy atom. The lowest BCUT2D eigenvalue weighted by atomic mass is 9.77. The van der Waals surface area contributed by atoms with Gasteiger partial charge in [-0.15, -0.1) is 0 Å². The molecule has 0 N–H and O–H groups in total. The van der Waals surface area contributed by atoms with Gasteiger partial charge < -0.3 is 4.74 Å². The second-order valence-electron chi connectivity index (χ2n) is 5.46. The van der Waals surface area contributed by atoms with Crippen LogP contribution in [0.25, 0.3) is 0 Å². The molecule has 1 aromatic rings. The fourth-order valence-corrected chi connectivity index (χ4v) is 3.14. The fourth-order valence-electron chi connectivity index (χ4n) is 3.14. The first-order valence-corrected chi connectivity index (χ1v) is 7.23. The smallest absolute Gasteiger partial charge is 0.387 e. The minimum absolute atomic E-state index is 0.281. The van der Waals surface area contributed by atoms with Crippen molar-refractivity contribution in [1.82, 2.24) is 0 Å². The highest BCUT2D eigenvalue weighted by molar-refractivity contribution is 5.31. The van der Waals surface area contributed by atoms with Crippen LogP contribution in [0.4, 0.5) is 8.78 Å². The van der Waals surface area contributed by atoms with E-state index in [0.29, 0.717) is 5.92 Å². The van der Waals surface area contributed by atoms with Gasteiger partial charge in [-0.1, -0.05) is 31.9 Å². The van der Waals surface area contributed by atoms with Crippen LogP contribution >= 0.6 is 0 Å². The maximum absolute atomic E-state index is 12.2. The van der Waals surface area contributed by atoms with Crippen molar-refractivity contribution in [2.45, 2.75) is 58.0 Å². The van der Waals surface area contributed by atoms with E-state index >= 15 is 0 Å². The van der Waals surface area contributed by atoms with Crippen LogP contribution in [0.1, 0.15) is 56.9 Å². The zero-order valence-electron chi connectivity index (χ0n) is 11.4. The van der Waals surface area contributed by atoms with Crippen LogP contribution in [0.2, 0.25) is 0 Å². The summed E-state index contributed by atoms with van der Waals surface area (Å²) in [6, 6.07) is 7.21. The van der Waals surface area contributed by atoms with Crippen molar-refractivity contribution < 1.29 is 13.5 Å². The monoisotopic (exact) mass is 268 g/mol. The van der Waals surface area contributed by atoms with E-state index in [-0.39, 0.29) is 5.75 Å². The van der Waals surface area contributed by atoms with E-state index < -0.39 is 6.61 Å². The highest BCUT2D eigenvalue weighted by atomic mass is 19.3. The Hall–Kier alpha value is -1.12. The maximum Gasteiger partial charge on any atom is 0.387 e.